The van der Waals surface area contributed by atoms with Gasteiger partial charge in [0.25, 0.3) is 0 Å². The number of aromatic nitrogens is 1. The zero-order valence-electron chi connectivity index (χ0n) is 13.2. The molecule has 2 N–H and O–H groups in total. The fourth-order valence-electron chi connectivity index (χ4n) is 1.95. The highest BCUT2D eigenvalue weighted by Crippen LogP contribution is 2.15. The molecule has 0 fully saturated rings. The SMILES string of the molecule is CCCNCc1cccnc1N(C)CC(=O)NCCOC. The lowest BCUT2D eigenvalue weighted by atomic mass is 10.2. The smallest absolute Gasteiger partial charge is 0.239 e. The third-order valence-electron chi connectivity index (χ3n) is 2.98. The lowest BCUT2D eigenvalue weighted by Gasteiger charge is -2.20. The van der Waals surface area contributed by atoms with E-state index in [4.69, 9.17) is 4.74 Å². The number of hydrogen-bond acceptors (Lipinski definition) is 5. The van der Waals surface area contributed by atoms with Gasteiger partial charge in [-0.3, -0.25) is 4.79 Å². The molecule has 0 aliphatic heterocycles. The summed E-state index contributed by atoms with van der Waals surface area (Å²) in [6.07, 6.45) is 2.84. The van der Waals surface area contributed by atoms with Crippen LogP contribution in [-0.4, -0.2) is 51.3 Å². The predicted octanol–water partition coefficient (Wildman–Crippen LogP) is 0.780. The molecule has 1 heterocycles. The largest absolute Gasteiger partial charge is 0.383 e. The Balaban J connectivity index is 2.56. The Labute approximate surface area is 126 Å². The van der Waals surface area contributed by atoms with Crippen molar-refractivity contribution in [3.8, 4) is 0 Å². The van der Waals surface area contributed by atoms with Crippen LogP contribution in [0.3, 0.4) is 0 Å². The molecule has 0 aromatic carbocycles. The van der Waals surface area contributed by atoms with E-state index in [-0.39, 0.29) is 12.5 Å². The van der Waals surface area contributed by atoms with E-state index in [0.717, 1.165) is 30.9 Å². The number of rotatable bonds is 10. The number of ether oxygens (including phenoxy) is 1. The number of anilines is 1. The predicted molar refractivity (Wildman–Crippen MR) is 84.4 cm³/mol. The van der Waals surface area contributed by atoms with Crippen molar-refractivity contribution >= 4 is 11.7 Å². The molecule has 21 heavy (non-hydrogen) atoms. The monoisotopic (exact) mass is 294 g/mol. The molecule has 1 aromatic rings. The fraction of sp³-hybridized carbons (Fsp3) is 0.600. The van der Waals surface area contributed by atoms with Gasteiger partial charge in [-0.1, -0.05) is 13.0 Å². The highest BCUT2D eigenvalue weighted by molar-refractivity contribution is 5.81. The molecule has 1 rings (SSSR count). The van der Waals surface area contributed by atoms with Crippen molar-refractivity contribution in [2.45, 2.75) is 19.9 Å². The maximum atomic E-state index is 11.8. The molecule has 0 saturated carbocycles. The second-order valence-electron chi connectivity index (χ2n) is 4.86. The van der Waals surface area contributed by atoms with Crippen LogP contribution >= 0.6 is 0 Å². The van der Waals surface area contributed by atoms with Crippen LogP contribution < -0.4 is 15.5 Å². The number of pyridine rings is 1. The van der Waals surface area contributed by atoms with Gasteiger partial charge in [-0.25, -0.2) is 4.98 Å². The van der Waals surface area contributed by atoms with E-state index in [1.807, 2.05) is 24.1 Å². The van der Waals surface area contributed by atoms with Gasteiger partial charge in [0.2, 0.25) is 5.91 Å². The number of nitrogens with one attached hydrogen (secondary N) is 2. The van der Waals surface area contributed by atoms with Gasteiger partial charge in [0.1, 0.15) is 5.82 Å². The number of methoxy groups -OCH3 is 1. The maximum Gasteiger partial charge on any atom is 0.239 e. The summed E-state index contributed by atoms with van der Waals surface area (Å²) in [5.74, 6) is 0.802. The Morgan fingerprint density at radius 3 is 2.95 bits per heavy atom. The van der Waals surface area contributed by atoms with Gasteiger partial charge in [-0.05, 0) is 19.0 Å². The van der Waals surface area contributed by atoms with Crippen LogP contribution in [-0.2, 0) is 16.1 Å². The molecule has 6 nitrogen and oxygen atoms in total. The average molecular weight is 294 g/mol. The van der Waals surface area contributed by atoms with Crippen LogP contribution in [0.1, 0.15) is 18.9 Å². The third kappa shape index (κ3) is 6.55. The van der Waals surface area contributed by atoms with Crippen LogP contribution in [0, 0.1) is 0 Å². The normalized spacial score (nSPS) is 10.4. The molecule has 0 spiro atoms. The Morgan fingerprint density at radius 1 is 1.43 bits per heavy atom. The van der Waals surface area contributed by atoms with Gasteiger partial charge in [0, 0.05) is 39.0 Å². The van der Waals surface area contributed by atoms with Crippen molar-refractivity contribution in [1.29, 1.82) is 0 Å². The minimum Gasteiger partial charge on any atom is -0.383 e. The van der Waals surface area contributed by atoms with Crippen molar-refractivity contribution in [3.05, 3.63) is 23.9 Å². The quantitative estimate of drug-likeness (QED) is 0.624. The van der Waals surface area contributed by atoms with E-state index < -0.39 is 0 Å². The number of carbonyl (C=O) groups is 1. The number of hydrogen-bond donors (Lipinski definition) is 2. The van der Waals surface area contributed by atoms with Crippen LogP contribution in [0.4, 0.5) is 5.82 Å². The van der Waals surface area contributed by atoms with Crippen LogP contribution in [0.2, 0.25) is 0 Å². The van der Waals surface area contributed by atoms with E-state index in [0.29, 0.717) is 13.2 Å². The first-order chi connectivity index (χ1) is 10.2. The number of carbonyl (C=O) groups excluding carboxylic acids is 1. The Kier molecular flexibility index (Phi) is 8.38. The first kappa shape index (κ1) is 17.4. The first-order valence-corrected chi connectivity index (χ1v) is 7.30. The lowest BCUT2D eigenvalue weighted by Crippen LogP contribution is -2.37. The molecule has 0 atom stereocenters. The Morgan fingerprint density at radius 2 is 2.24 bits per heavy atom. The van der Waals surface area contributed by atoms with Crippen LogP contribution in [0.25, 0.3) is 0 Å². The lowest BCUT2D eigenvalue weighted by molar-refractivity contribution is -0.119. The summed E-state index contributed by atoms with van der Waals surface area (Å²) >= 11 is 0. The Hall–Kier alpha value is -1.66. The van der Waals surface area contributed by atoms with E-state index in [1.54, 1.807) is 13.3 Å². The summed E-state index contributed by atoms with van der Waals surface area (Å²) in [4.78, 5) is 18.1. The van der Waals surface area contributed by atoms with Crippen molar-refractivity contribution in [2.75, 3.05) is 45.3 Å². The van der Waals surface area contributed by atoms with Gasteiger partial charge in [-0.2, -0.15) is 0 Å². The number of amides is 1. The van der Waals surface area contributed by atoms with Gasteiger partial charge in [0.05, 0.1) is 13.2 Å². The second-order valence-corrected chi connectivity index (χ2v) is 4.86. The molecular weight excluding hydrogens is 268 g/mol. The highest BCUT2D eigenvalue weighted by Gasteiger charge is 2.11. The molecule has 0 aliphatic rings. The summed E-state index contributed by atoms with van der Waals surface area (Å²) in [5, 5.41) is 6.17. The van der Waals surface area contributed by atoms with Crippen molar-refractivity contribution in [1.82, 2.24) is 15.6 Å². The van der Waals surface area contributed by atoms with Crippen LogP contribution in [0.5, 0.6) is 0 Å². The summed E-state index contributed by atoms with van der Waals surface area (Å²) in [7, 11) is 3.49. The summed E-state index contributed by atoms with van der Waals surface area (Å²) in [6, 6.07) is 3.95. The molecule has 0 radical (unpaired) electrons. The summed E-state index contributed by atoms with van der Waals surface area (Å²) in [6.45, 7) is 5.18. The van der Waals surface area contributed by atoms with Crippen molar-refractivity contribution in [2.24, 2.45) is 0 Å². The number of likely N-dealkylation sites (N-methyl/N-ethyl adjacent to an activating group) is 1. The number of nitrogens with zero attached hydrogens (tertiary/aromatic N) is 2. The minimum absolute atomic E-state index is 0.0346. The standard InChI is InChI=1S/C15H26N4O2/c1-4-7-16-11-13-6-5-8-18-15(13)19(2)12-14(20)17-9-10-21-3/h5-6,8,16H,4,7,9-12H2,1-3H3,(H,17,20). The zero-order chi connectivity index (χ0) is 15.5. The molecule has 0 saturated heterocycles. The van der Waals surface area contributed by atoms with Crippen LogP contribution in [0.15, 0.2) is 18.3 Å². The van der Waals surface area contributed by atoms with Gasteiger partial charge in [0.15, 0.2) is 0 Å². The molecule has 0 bridgehead atoms. The highest BCUT2D eigenvalue weighted by atomic mass is 16.5. The molecular formula is C15H26N4O2. The van der Waals surface area contributed by atoms with Gasteiger partial charge < -0.3 is 20.3 Å². The average Bonchev–Trinajstić information content (AvgIpc) is 2.48. The van der Waals surface area contributed by atoms with E-state index in [2.05, 4.69) is 22.5 Å². The summed E-state index contributed by atoms with van der Waals surface area (Å²) < 4.78 is 4.91. The molecule has 0 aliphatic carbocycles. The topological polar surface area (TPSA) is 66.5 Å². The minimum atomic E-state index is -0.0346. The zero-order valence-corrected chi connectivity index (χ0v) is 13.2. The molecule has 1 amide bonds. The second kappa shape index (κ2) is 10.1. The van der Waals surface area contributed by atoms with Crippen molar-refractivity contribution < 1.29 is 9.53 Å². The third-order valence-corrected chi connectivity index (χ3v) is 2.98. The van der Waals surface area contributed by atoms with E-state index >= 15 is 0 Å². The van der Waals surface area contributed by atoms with E-state index in [9.17, 15) is 4.79 Å². The molecule has 6 heteroatoms. The van der Waals surface area contributed by atoms with Gasteiger partial charge in [-0.15, -0.1) is 0 Å². The van der Waals surface area contributed by atoms with Crippen molar-refractivity contribution in [3.63, 3.8) is 0 Å². The Bertz CT molecular complexity index is 426. The molecule has 1 aromatic heterocycles. The fourth-order valence-corrected chi connectivity index (χ4v) is 1.95. The first-order valence-electron chi connectivity index (χ1n) is 7.30. The molecule has 0 unspecified atom stereocenters. The maximum absolute atomic E-state index is 11.8. The van der Waals surface area contributed by atoms with E-state index in [1.165, 1.54) is 0 Å². The van der Waals surface area contributed by atoms with Gasteiger partial charge >= 0.3 is 0 Å². The molecule has 118 valence electrons. The summed E-state index contributed by atoms with van der Waals surface area (Å²) in [5.41, 5.74) is 1.10.